The first-order chi connectivity index (χ1) is 8.58. The molecular formula is C13H20N2O2S. The van der Waals surface area contributed by atoms with Gasteiger partial charge in [-0.05, 0) is 30.9 Å². The van der Waals surface area contributed by atoms with Gasteiger partial charge in [0.2, 0.25) is 0 Å². The van der Waals surface area contributed by atoms with E-state index in [1.54, 1.807) is 37.1 Å². The van der Waals surface area contributed by atoms with Gasteiger partial charge in [-0.2, -0.15) is 11.8 Å². The third kappa shape index (κ3) is 4.14. The van der Waals surface area contributed by atoms with Crippen LogP contribution in [-0.4, -0.2) is 30.6 Å². The Balaban J connectivity index is 2.74. The van der Waals surface area contributed by atoms with Crippen molar-refractivity contribution in [1.29, 1.82) is 0 Å². The normalized spacial score (nSPS) is 11.9. The van der Waals surface area contributed by atoms with E-state index in [2.05, 4.69) is 12.2 Å². The maximum atomic E-state index is 12.1. The standard InChI is InChI=1S/C13H20N2O2S/c1-4-18-8-9(2)15-13(16)11-7-10(14)5-6-12(11)17-3/h5-7,9H,4,8,14H2,1-3H3,(H,15,16). The third-order valence-corrected chi connectivity index (χ3v) is 3.56. The van der Waals surface area contributed by atoms with Crippen molar-refractivity contribution in [3.8, 4) is 5.75 Å². The van der Waals surface area contributed by atoms with Crippen LogP contribution >= 0.6 is 11.8 Å². The molecule has 0 bridgehead atoms. The second-order valence-corrected chi connectivity index (χ2v) is 5.31. The molecule has 100 valence electrons. The van der Waals surface area contributed by atoms with E-state index in [4.69, 9.17) is 10.5 Å². The fraction of sp³-hybridized carbons (Fsp3) is 0.462. The SMILES string of the molecule is CCSCC(C)NC(=O)c1cc(N)ccc1OC. The first-order valence-corrected chi connectivity index (χ1v) is 7.06. The number of methoxy groups -OCH3 is 1. The number of nitrogens with one attached hydrogen (secondary N) is 1. The molecule has 3 N–H and O–H groups in total. The maximum Gasteiger partial charge on any atom is 0.255 e. The first-order valence-electron chi connectivity index (χ1n) is 5.90. The van der Waals surface area contributed by atoms with Crippen LogP contribution in [-0.2, 0) is 0 Å². The van der Waals surface area contributed by atoms with E-state index in [9.17, 15) is 4.79 Å². The summed E-state index contributed by atoms with van der Waals surface area (Å²) in [5.41, 5.74) is 6.72. The van der Waals surface area contributed by atoms with Gasteiger partial charge in [-0.3, -0.25) is 4.79 Å². The minimum absolute atomic E-state index is 0.119. The summed E-state index contributed by atoms with van der Waals surface area (Å²) in [5, 5.41) is 2.94. The van der Waals surface area contributed by atoms with E-state index in [1.807, 2.05) is 6.92 Å². The zero-order valence-electron chi connectivity index (χ0n) is 11.0. The lowest BCUT2D eigenvalue weighted by Gasteiger charge is -2.15. The summed E-state index contributed by atoms with van der Waals surface area (Å²) in [4.78, 5) is 12.1. The van der Waals surface area contributed by atoms with E-state index < -0.39 is 0 Å². The van der Waals surface area contributed by atoms with Crippen LogP contribution in [0.15, 0.2) is 18.2 Å². The zero-order valence-corrected chi connectivity index (χ0v) is 11.8. The molecule has 1 unspecified atom stereocenters. The molecule has 0 fully saturated rings. The number of hydrogen-bond donors (Lipinski definition) is 2. The minimum atomic E-state index is -0.150. The van der Waals surface area contributed by atoms with Gasteiger partial charge in [-0.15, -0.1) is 0 Å². The lowest BCUT2D eigenvalue weighted by Crippen LogP contribution is -2.34. The van der Waals surface area contributed by atoms with Gasteiger partial charge in [0.25, 0.3) is 5.91 Å². The monoisotopic (exact) mass is 268 g/mol. The summed E-state index contributed by atoms with van der Waals surface area (Å²) in [7, 11) is 1.54. The minimum Gasteiger partial charge on any atom is -0.496 e. The van der Waals surface area contributed by atoms with Crippen LogP contribution in [0.1, 0.15) is 24.2 Å². The molecule has 4 nitrogen and oxygen atoms in total. The van der Waals surface area contributed by atoms with Crippen LogP contribution in [0, 0.1) is 0 Å². The number of carbonyl (C=O) groups excluding carboxylic acids is 1. The van der Waals surface area contributed by atoms with Crippen molar-refractivity contribution in [2.24, 2.45) is 0 Å². The van der Waals surface area contributed by atoms with Crippen LogP contribution in [0.25, 0.3) is 0 Å². The fourth-order valence-corrected chi connectivity index (χ4v) is 2.21. The second kappa shape index (κ2) is 7.16. The van der Waals surface area contributed by atoms with E-state index in [0.717, 1.165) is 11.5 Å². The Bertz CT molecular complexity index is 410. The summed E-state index contributed by atoms with van der Waals surface area (Å²) in [5.74, 6) is 2.33. The van der Waals surface area contributed by atoms with Gasteiger partial charge in [0.1, 0.15) is 5.75 Å². The summed E-state index contributed by atoms with van der Waals surface area (Å²) < 4.78 is 5.16. The number of benzene rings is 1. The van der Waals surface area contributed by atoms with E-state index in [0.29, 0.717) is 17.0 Å². The van der Waals surface area contributed by atoms with Crippen molar-refractivity contribution in [2.45, 2.75) is 19.9 Å². The molecule has 0 heterocycles. The molecule has 1 atom stereocenters. The van der Waals surface area contributed by atoms with E-state index >= 15 is 0 Å². The summed E-state index contributed by atoms with van der Waals surface area (Å²) in [6, 6.07) is 5.17. The molecule has 18 heavy (non-hydrogen) atoms. The van der Waals surface area contributed by atoms with Crippen molar-refractivity contribution in [1.82, 2.24) is 5.32 Å². The molecule has 0 saturated heterocycles. The van der Waals surface area contributed by atoms with Crippen molar-refractivity contribution < 1.29 is 9.53 Å². The average Bonchev–Trinajstić information content (AvgIpc) is 2.36. The summed E-state index contributed by atoms with van der Waals surface area (Å²) in [6.07, 6.45) is 0. The molecule has 5 heteroatoms. The Kier molecular flexibility index (Phi) is 5.85. The smallest absolute Gasteiger partial charge is 0.255 e. The lowest BCUT2D eigenvalue weighted by atomic mass is 10.1. The van der Waals surface area contributed by atoms with Crippen molar-refractivity contribution in [3.63, 3.8) is 0 Å². The molecule has 0 aliphatic rings. The number of nitrogen functional groups attached to an aromatic ring is 1. The molecule has 0 aliphatic heterocycles. The van der Waals surface area contributed by atoms with Gasteiger partial charge < -0.3 is 15.8 Å². The summed E-state index contributed by atoms with van der Waals surface area (Å²) in [6.45, 7) is 4.08. The third-order valence-electron chi connectivity index (χ3n) is 2.42. The number of amides is 1. The largest absolute Gasteiger partial charge is 0.496 e. The van der Waals surface area contributed by atoms with Crippen molar-refractivity contribution in [3.05, 3.63) is 23.8 Å². The van der Waals surface area contributed by atoms with Gasteiger partial charge in [0, 0.05) is 17.5 Å². The molecule has 0 aliphatic carbocycles. The first kappa shape index (κ1) is 14.7. The predicted octanol–water partition coefficient (Wildman–Crippen LogP) is 2.15. The maximum absolute atomic E-state index is 12.1. The lowest BCUT2D eigenvalue weighted by molar-refractivity contribution is 0.0941. The van der Waals surface area contributed by atoms with Crippen molar-refractivity contribution in [2.75, 3.05) is 24.3 Å². The number of rotatable bonds is 6. The number of anilines is 1. The molecule has 1 amide bonds. The van der Waals surface area contributed by atoms with Crippen LogP contribution in [0.3, 0.4) is 0 Å². The quantitative estimate of drug-likeness (QED) is 0.776. The Morgan fingerprint density at radius 1 is 1.56 bits per heavy atom. The van der Waals surface area contributed by atoms with Gasteiger partial charge in [0.05, 0.1) is 12.7 Å². The Labute approximate surface area is 112 Å². The molecule has 0 aromatic heterocycles. The highest BCUT2D eigenvalue weighted by molar-refractivity contribution is 7.99. The fourth-order valence-electron chi connectivity index (χ4n) is 1.54. The number of carbonyl (C=O) groups is 1. The Morgan fingerprint density at radius 2 is 2.28 bits per heavy atom. The van der Waals surface area contributed by atoms with Gasteiger partial charge in [0.15, 0.2) is 0 Å². The number of ether oxygens (including phenoxy) is 1. The molecule has 1 aromatic rings. The van der Waals surface area contributed by atoms with Crippen LogP contribution in [0.4, 0.5) is 5.69 Å². The second-order valence-electron chi connectivity index (χ2n) is 3.99. The highest BCUT2D eigenvalue weighted by Crippen LogP contribution is 2.21. The van der Waals surface area contributed by atoms with Gasteiger partial charge >= 0.3 is 0 Å². The molecule has 1 rings (SSSR count). The average molecular weight is 268 g/mol. The zero-order chi connectivity index (χ0) is 13.5. The molecule has 0 saturated carbocycles. The highest BCUT2D eigenvalue weighted by Gasteiger charge is 2.14. The van der Waals surface area contributed by atoms with E-state index in [1.165, 1.54) is 0 Å². The van der Waals surface area contributed by atoms with Gasteiger partial charge in [-0.25, -0.2) is 0 Å². The Morgan fingerprint density at radius 3 is 2.89 bits per heavy atom. The molecule has 0 radical (unpaired) electrons. The number of hydrogen-bond acceptors (Lipinski definition) is 4. The van der Waals surface area contributed by atoms with Crippen LogP contribution in [0.5, 0.6) is 5.75 Å². The van der Waals surface area contributed by atoms with E-state index in [-0.39, 0.29) is 11.9 Å². The molecular weight excluding hydrogens is 248 g/mol. The Hall–Kier alpha value is -1.36. The molecule has 0 spiro atoms. The van der Waals surface area contributed by atoms with Gasteiger partial charge in [-0.1, -0.05) is 6.92 Å². The van der Waals surface area contributed by atoms with Crippen LogP contribution in [0.2, 0.25) is 0 Å². The van der Waals surface area contributed by atoms with Crippen molar-refractivity contribution >= 4 is 23.4 Å². The van der Waals surface area contributed by atoms with Crippen LogP contribution < -0.4 is 15.8 Å². The predicted molar refractivity (Wildman–Crippen MR) is 77.3 cm³/mol. The molecule has 1 aromatic carbocycles. The topological polar surface area (TPSA) is 64.4 Å². The number of thioether (sulfide) groups is 1. The number of nitrogens with two attached hydrogens (primary N) is 1. The summed E-state index contributed by atoms with van der Waals surface area (Å²) >= 11 is 1.80. The highest BCUT2D eigenvalue weighted by atomic mass is 32.2.